The van der Waals surface area contributed by atoms with E-state index in [2.05, 4.69) is 21.2 Å². The first-order valence-corrected chi connectivity index (χ1v) is 11.1. The highest BCUT2D eigenvalue weighted by atomic mass is 79.9. The zero-order valence-corrected chi connectivity index (χ0v) is 19.2. The van der Waals surface area contributed by atoms with Crippen LogP contribution in [-0.2, 0) is 16.0 Å². The van der Waals surface area contributed by atoms with Gasteiger partial charge < -0.3 is 5.32 Å². The fourth-order valence-corrected chi connectivity index (χ4v) is 3.79. The van der Waals surface area contributed by atoms with Crippen molar-refractivity contribution in [2.24, 2.45) is 0 Å². The molecule has 3 rings (SSSR count). The van der Waals surface area contributed by atoms with Crippen LogP contribution in [0, 0.1) is 11.6 Å². The molecule has 0 aliphatic carbocycles. The van der Waals surface area contributed by atoms with Crippen molar-refractivity contribution in [1.82, 2.24) is 5.32 Å². The molecule has 0 aromatic heterocycles. The first kappa shape index (κ1) is 23.9. The largest absolute Gasteiger partial charge is 0.354 e. The van der Waals surface area contributed by atoms with Gasteiger partial charge in [-0.25, -0.2) is 8.78 Å². The van der Waals surface area contributed by atoms with Crippen LogP contribution in [0.25, 0.3) is 0 Å². The van der Waals surface area contributed by atoms with E-state index in [-0.39, 0.29) is 17.8 Å². The van der Waals surface area contributed by atoms with Gasteiger partial charge in [-0.3, -0.25) is 14.5 Å². The van der Waals surface area contributed by atoms with Crippen molar-refractivity contribution in [2.45, 2.75) is 12.5 Å². The van der Waals surface area contributed by atoms with E-state index in [1.54, 1.807) is 6.07 Å². The number of alkyl halides is 1. The zero-order chi connectivity index (χ0) is 23.1. The normalized spacial score (nSPS) is 11.6. The number of hydrogen-bond donors (Lipinski definition) is 1. The van der Waals surface area contributed by atoms with Gasteiger partial charge in [0.05, 0.1) is 5.69 Å². The number of hydrogen-bond acceptors (Lipinski definition) is 2. The summed E-state index contributed by atoms with van der Waals surface area (Å²) in [5.41, 5.74) is 0.763. The summed E-state index contributed by atoms with van der Waals surface area (Å²) in [4.78, 5) is 26.9. The summed E-state index contributed by atoms with van der Waals surface area (Å²) >= 11 is 8.96. The van der Waals surface area contributed by atoms with E-state index in [1.165, 1.54) is 30.3 Å². The second kappa shape index (κ2) is 11.2. The third kappa shape index (κ3) is 5.72. The van der Waals surface area contributed by atoms with Crippen LogP contribution in [0.5, 0.6) is 0 Å². The topological polar surface area (TPSA) is 49.4 Å². The van der Waals surface area contributed by atoms with E-state index in [0.29, 0.717) is 10.9 Å². The van der Waals surface area contributed by atoms with Crippen molar-refractivity contribution in [3.63, 3.8) is 0 Å². The molecule has 0 saturated heterocycles. The molecular weight excluding hydrogens is 502 g/mol. The Morgan fingerprint density at radius 2 is 1.66 bits per heavy atom. The number of nitrogens with zero attached hydrogens (tertiary/aromatic N) is 1. The smallest absolute Gasteiger partial charge is 0.247 e. The average Bonchev–Trinajstić information content (AvgIpc) is 2.79. The van der Waals surface area contributed by atoms with Crippen LogP contribution in [0.1, 0.15) is 17.2 Å². The Bertz CT molecular complexity index is 1100. The van der Waals surface area contributed by atoms with Crippen molar-refractivity contribution in [1.29, 1.82) is 0 Å². The number of nitrogens with one attached hydrogen (secondary N) is 1. The minimum Gasteiger partial charge on any atom is -0.354 e. The molecule has 0 bridgehead atoms. The predicted octanol–water partition coefficient (Wildman–Crippen LogP) is 5.40. The molecule has 0 aliphatic rings. The molecule has 1 atom stereocenters. The van der Waals surface area contributed by atoms with Gasteiger partial charge in [0.1, 0.15) is 23.6 Å². The second-order valence-corrected chi connectivity index (χ2v) is 8.13. The summed E-state index contributed by atoms with van der Waals surface area (Å²) in [7, 11) is 0. The van der Waals surface area contributed by atoms with Crippen LogP contribution in [0.3, 0.4) is 0 Å². The van der Waals surface area contributed by atoms with Gasteiger partial charge in [0, 0.05) is 16.6 Å². The molecule has 32 heavy (non-hydrogen) atoms. The van der Waals surface area contributed by atoms with E-state index in [9.17, 15) is 18.4 Å². The highest BCUT2D eigenvalue weighted by molar-refractivity contribution is 9.10. The molecule has 1 N–H and O–H groups in total. The molecule has 0 aliphatic heterocycles. The number of benzene rings is 3. The molecule has 0 fully saturated rings. The monoisotopic (exact) mass is 520 g/mol. The van der Waals surface area contributed by atoms with Crippen molar-refractivity contribution >= 4 is 45.0 Å². The molecule has 3 aromatic carbocycles. The van der Waals surface area contributed by atoms with E-state index >= 15 is 0 Å². The lowest BCUT2D eigenvalue weighted by Crippen LogP contribution is -2.45. The van der Waals surface area contributed by atoms with Gasteiger partial charge in [0.25, 0.3) is 0 Å². The fraction of sp³-hybridized carbons (Fsp3) is 0.167. The van der Waals surface area contributed by atoms with Gasteiger partial charge in [-0.2, -0.15) is 0 Å². The average molecular weight is 522 g/mol. The molecule has 3 aromatic rings. The van der Waals surface area contributed by atoms with Crippen LogP contribution in [0.15, 0.2) is 77.3 Å². The highest BCUT2D eigenvalue weighted by Crippen LogP contribution is 2.33. The third-order valence-electron chi connectivity index (χ3n) is 4.81. The Labute approximate surface area is 198 Å². The molecule has 8 heteroatoms. The summed E-state index contributed by atoms with van der Waals surface area (Å²) in [6, 6.07) is 17.7. The van der Waals surface area contributed by atoms with E-state index in [4.69, 9.17) is 11.6 Å². The first-order chi connectivity index (χ1) is 15.4. The summed E-state index contributed by atoms with van der Waals surface area (Å²) < 4.78 is 30.0. The number of amides is 2. The highest BCUT2D eigenvalue weighted by Gasteiger charge is 2.35. The molecule has 0 saturated carbocycles. The molecular formula is C24H20BrClF2N2O2. The lowest BCUT2D eigenvalue weighted by atomic mass is 10.0. The number of halogens is 4. The Morgan fingerprint density at radius 3 is 2.31 bits per heavy atom. The van der Waals surface area contributed by atoms with Crippen molar-refractivity contribution in [2.75, 3.05) is 17.3 Å². The Kier molecular flexibility index (Phi) is 8.36. The van der Waals surface area contributed by atoms with Gasteiger partial charge in [0.15, 0.2) is 0 Å². The van der Waals surface area contributed by atoms with Crippen molar-refractivity contribution in [3.8, 4) is 0 Å². The summed E-state index contributed by atoms with van der Waals surface area (Å²) in [6.45, 7) is 0.250. The maximum atomic E-state index is 14.8. The van der Waals surface area contributed by atoms with E-state index in [1.807, 2.05) is 30.3 Å². The second-order valence-electron chi connectivity index (χ2n) is 6.94. The van der Waals surface area contributed by atoms with E-state index < -0.39 is 35.4 Å². The van der Waals surface area contributed by atoms with Gasteiger partial charge in [-0.15, -0.1) is 11.6 Å². The summed E-state index contributed by atoms with van der Waals surface area (Å²) in [6.07, 6.45) is 0.534. The molecule has 2 amide bonds. The summed E-state index contributed by atoms with van der Waals surface area (Å²) in [5.74, 6) is -3.35. The van der Waals surface area contributed by atoms with Crippen molar-refractivity contribution in [3.05, 3.63) is 100 Å². The predicted molar refractivity (Wildman–Crippen MR) is 125 cm³/mol. The minimum absolute atomic E-state index is 0.0644. The van der Waals surface area contributed by atoms with Crippen LogP contribution in [0.2, 0.25) is 0 Å². The van der Waals surface area contributed by atoms with E-state index in [0.717, 1.165) is 16.5 Å². The minimum atomic E-state index is -1.45. The standard InChI is InChI=1S/C24H20BrClF2N2O2/c25-17-10-11-21(20(28)14-17)30(22(31)15-26)23(18-8-4-5-9-19(18)27)24(32)29-13-12-16-6-2-1-3-7-16/h1-11,14,23H,12-13,15H2,(H,29,32)/t23-/m1/s1. The maximum Gasteiger partial charge on any atom is 0.247 e. The Morgan fingerprint density at radius 1 is 0.969 bits per heavy atom. The number of carbonyl (C=O) groups excluding carboxylic acids is 2. The van der Waals surface area contributed by atoms with Crippen LogP contribution >= 0.6 is 27.5 Å². The zero-order valence-electron chi connectivity index (χ0n) is 16.9. The molecule has 0 unspecified atom stereocenters. The first-order valence-electron chi connectivity index (χ1n) is 9.81. The Hall–Kier alpha value is -2.77. The summed E-state index contributed by atoms with van der Waals surface area (Å²) in [5, 5.41) is 2.74. The van der Waals surface area contributed by atoms with Crippen molar-refractivity contribution < 1.29 is 18.4 Å². The quantitative estimate of drug-likeness (QED) is 0.404. The molecule has 4 nitrogen and oxygen atoms in total. The maximum absolute atomic E-state index is 14.8. The molecule has 0 heterocycles. The lowest BCUT2D eigenvalue weighted by molar-refractivity contribution is -0.126. The number of anilines is 1. The van der Waals surface area contributed by atoms with Crippen LogP contribution in [0.4, 0.5) is 14.5 Å². The van der Waals surface area contributed by atoms with Gasteiger partial charge in [0.2, 0.25) is 11.8 Å². The van der Waals surface area contributed by atoms with Gasteiger partial charge in [-0.1, -0.05) is 64.5 Å². The molecule has 0 spiro atoms. The lowest BCUT2D eigenvalue weighted by Gasteiger charge is -2.31. The van der Waals surface area contributed by atoms with Gasteiger partial charge in [-0.05, 0) is 36.2 Å². The van der Waals surface area contributed by atoms with Crippen LogP contribution in [-0.4, -0.2) is 24.2 Å². The third-order valence-corrected chi connectivity index (χ3v) is 5.54. The van der Waals surface area contributed by atoms with Gasteiger partial charge >= 0.3 is 0 Å². The molecule has 166 valence electrons. The SMILES string of the molecule is O=C(NCCc1ccccc1)[C@@H](c1ccccc1F)N(C(=O)CCl)c1ccc(Br)cc1F. The number of rotatable bonds is 8. The molecule has 0 radical (unpaired) electrons. The van der Waals surface area contributed by atoms with Crippen LogP contribution < -0.4 is 10.2 Å². The fourth-order valence-electron chi connectivity index (χ4n) is 3.32. The Balaban J connectivity index is 1.98. The number of carbonyl (C=O) groups is 2.